The molecule has 1 fully saturated rings. The van der Waals surface area contributed by atoms with Crippen LogP contribution < -0.4 is 0 Å². The molecular weight excluding hydrogens is 262 g/mol. The van der Waals surface area contributed by atoms with E-state index in [1.165, 1.54) is 0 Å². The average Bonchev–Trinajstić information content (AvgIpc) is 2.39. The summed E-state index contributed by atoms with van der Waals surface area (Å²) in [7, 11) is 0. The highest BCUT2D eigenvalue weighted by atomic mass is 35.5. The summed E-state index contributed by atoms with van der Waals surface area (Å²) in [5.74, 6) is 0.298. The van der Waals surface area contributed by atoms with E-state index in [1.54, 1.807) is 11.0 Å². The highest BCUT2D eigenvalue weighted by Gasteiger charge is 2.35. The molecule has 0 radical (unpaired) electrons. The van der Waals surface area contributed by atoms with Crippen LogP contribution in [0, 0.1) is 0 Å². The Morgan fingerprint density at radius 3 is 2.47 bits per heavy atom. The standard InChI is InChI=1S/C15H18ClNO2/c1-15(2,11-4-3-5-12(16)10-11)14(19)17-8-6-13(18)7-9-17/h3-5,10H,6-9H2,1-2H3. The molecule has 1 aliphatic rings. The van der Waals surface area contributed by atoms with Crippen molar-refractivity contribution >= 4 is 23.3 Å². The normalized spacial score (nSPS) is 16.6. The molecule has 1 heterocycles. The Morgan fingerprint density at radius 1 is 1.26 bits per heavy atom. The lowest BCUT2D eigenvalue weighted by Gasteiger charge is -2.34. The van der Waals surface area contributed by atoms with E-state index in [4.69, 9.17) is 11.6 Å². The molecule has 1 aromatic carbocycles. The van der Waals surface area contributed by atoms with Crippen LogP contribution in [0.4, 0.5) is 0 Å². The maximum atomic E-state index is 12.6. The molecule has 19 heavy (non-hydrogen) atoms. The number of benzene rings is 1. The maximum absolute atomic E-state index is 12.6. The van der Waals surface area contributed by atoms with E-state index in [2.05, 4.69) is 0 Å². The highest BCUT2D eigenvalue weighted by molar-refractivity contribution is 6.30. The van der Waals surface area contributed by atoms with Crippen molar-refractivity contribution in [2.75, 3.05) is 13.1 Å². The van der Waals surface area contributed by atoms with Crippen LogP contribution in [0.3, 0.4) is 0 Å². The van der Waals surface area contributed by atoms with Crippen molar-refractivity contribution in [2.45, 2.75) is 32.1 Å². The van der Waals surface area contributed by atoms with Gasteiger partial charge in [-0.1, -0.05) is 23.7 Å². The van der Waals surface area contributed by atoms with Crippen LogP contribution in [0.5, 0.6) is 0 Å². The fourth-order valence-corrected chi connectivity index (χ4v) is 2.55. The van der Waals surface area contributed by atoms with Gasteiger partial charge in [-0.2, -0.15) is 0 Å². The van der Waals surface area contributed by atoms with Crippen molar-refractivity contribution in [1.29, 1.82) is 0 Å². The number of carbonyl (C=O) groups excluding carboxylic acids is 2. The first-order chi connectivity index (χ1) is 8.91. The zero-order valence-electron chi connectivity index (χ0n) is 11.3. The second kappa shape index (κ2) is 5.33. The molecule has 3 nitrogen and oxygen atoms in total. The second-order valence-electron chi connectivity index (χ2n) is 5.47. The van der Waals surface area contributed by atoms with Crippen molar-refractivity contribution in [3.8, 4) is 0 Å². The minimum absolute atomic E-state index is 0.0577. The Morgan fingerprint density at radius 2 is 1.89 bits per heavy atom. The topological polar surface area (TPSA) is 37.4 Å². The Balaban J connectivity index is 2.19. The predicted octanol–water partition coefficient (Wildman–Crippen LogP) is 2.81. The fraction of sp³-hybridized carbons (Fsp3) is 0.467. The highest BCUT2D eigenvalue weighted by Crippen LogP contribution is 2.28. The van der Waals surface area contributed by atoms with Crippen LogP contribution in [-0.2, 0) is 15.0 Å². The largest absolute Gasteiger partial charge is 0.341 e. The van der Waals surface area contributed by atoms with Gasteiger partial charge in [0.05, 0.1) is 5.41 Å². The number of nitrogens with zero attached hydrogens (tertiary/aromatic N) is 1. The van der Waals surface area contributed by atoms with Gasteiger partial charge in [0.1, 0.15) is 5.78 Å². The summed E-state index contributed by atoms with van der Waals surface area (Å²) >= 11 is 5.99. The molecular formula is C15H18ClNO2. The Kier molecular flexibility index (Phi) is 3.95. The van der Waals surface area contributed by atoms with Crippen LogP contribution in [-0.4, -0.2) is 29.7 Å². The van der Waals surface area contributed by atoms with Gasteiger partial charge in [0.15, 0.2) is 0 Å². The average molecular weight is 280 g/mol. The van der Waals surface area contributed by atoms with E-state index in [-0.39, 0.29) is 11.7 Å². The lowest BCUT2D eigenvalue weighted by Crippen LogP contribution is -2.47. The third-order valence-corrected chi connectivity index (χ3v) is 3.92. The van der Waals surface area contributed by atoms with E-state index in [0.717, 1.165) is 5.56 Å². The smallest absolute Gasteiger partial charge is 0.232 e. The molecule has 0 bridgehead atoms. The minimum Gasteiger partial charge on any atom is -0.341 e. The number of likely N-dealkylation sites (tertiary alicyclic amines) is 1. The number of carbonyl (C=O) groups is 2. The number of ketones is 1. The van der Waals surface area contributed by atoms with Crippen molar-refractivity contribution in [3.63, 3.8) is 0 Å². The molecule has 0 aromatic heterocycles. The van der Waals surface area contributed by atoms with Gasteiger partial charge >= 0.3 is 0 Å². The molecule has 1 aromatic rings. The first-order valence-electron chi connectivity index (χ1n) is 6.48. The summed E-state index contributed by atoms with van der Waals surface area (Å²) in [4.78, 5) is 25.6. The number of amides is 1. The van der Waals surface area contributed by atoms with Gasteiger partial charge in [-0.05, 0) is 31.5 Å². The first kappa shape index (κ1) is 14.1. The van der Waals surface area contributed by atoms with Gasteiger partial charge in [-0.3, -0.25) is 9.59 Å². The summed E-state index contributed by atoms with van der Waals surface area (Å²) in [5.41, 5.74) is 0.285. The quantitative estimate of drug-likeness (QED) is 0.835. The number of hydrogen-bond acceptors (Lipinski definition) is 2. The Hall–Kier alpha value is -1.35. The van der Waals surface area contributed by atoms with Gasteiger partial charge in [0.2, 0.25) is 5.91 Å². The van der Waals surface area contributed by atoms with Gasteiger partial charge in [0.25, 0.3) is 0 Å². The van der Waals surface area contributed by atoms with E-state index in [0.29, 0.717) is 31.0 Å². The monoisotopic (exact) mass is 279 g/mol. The summed E-state index contributed by atoms with van der Waals surface area (Å²) < 4.78 is 0. The number of halogens is 1. The molecule has 2 rings (SSSR count). The van der Waals surface area contributed by atoms with E-state index >= 15 is 0 Å². The third-order valence-electron chi connectivity index (χ3n) is 3.69. The molecule has 0 unspecified atom stereocenters. The third kappa shape index (κ3) is 2.98. The molecule has 102 valence electrons. The summed E-state index contributed by atoms with van der Waals surface area (Å²) in [6.07, 6.45) is 0.939. The summed E-state index contributed by atoms with van der Waals surface area (Å²) in [6, 6.07) is 7.39. The van der Waals surface area contributed by atoms with Crippen LogP contribution in [0.15, 0.2) is 24.3 Å². The maximum Gasteiger partial charge on any atom is 0.232 e. The lowest BCUT2D eigenvalue weighted by molar-refractivity contribution is -0.139. The molecule has 1 amide bonds. The Labute approximate surface area is 118 Å². The number of Topliss-reactive ketones (excluding diaryl/α,β-unsaturated/α-hetero) is 1. The van der Waals surface area contributed by atoms with Gasteiger partial charge < -0.3 is 4.90 Å². The van der Waals surface area contributed by atoms with Gasteiger partial charge in [-0.15, -0.1) is 0 Å². The van der Waals surface area contributed by atoms with Crippen molar-refractivity contribution < 1.29 is 9.59 Å². The van der Waals surface area contributed by atoms with Crippen LogP contribution in [0.1, 0.15) is 32.3 Å². The first-order valence-corrected chi connectivity index (χ1v) is 6.86. The zero-order chi connectivity index (χ0) is 14.0. The zero-order valence-corrected chi connectivity index (χ0v) is 12.0. The SMILES string of the molecule is CC(C)(C(=O)N1CCC(=O)CC1)c1cccc(Cl)c1. The summed E-state index contributed by atoms with van der Waals surface area (Å²) in [6.45, 7) is 4.86. The molecule has 0 N–H and O–H groups in total. The summed E-state index contributed by atoms with van der Waals surface area (Å²) in [5, 5.41) is 0.632. The van der Waals surface area contributed by atoms with Crippen molar-refractivity contribution in [2.24, 2.45) is 0 Å². The van der Waals surface area contributed by atoms with Gasteiger partial charge in [-0.25, -0.2) is 0 Å². The number of hydrogen-bond donors (Lipinski definition) is 0. The van der Waals surface area contributed by atoms with Crippen LogP contribution in [0.2, 0.25) is 5.02 Å². The molecule has 0 saturated carbocycles. The molecule has 0 aliphatic carbocycles. The van der Waals surface area contributed by atoms with Crippen molar-refractivity contribution in [3.05, 3.63) is 34.9 Å². The van der Waals surface area contributed by atoms with E-state index in [1.807, 2.05) is 32.0 Å². The fourth-order valence-electron chi connectivity index (χ4n) is 2.36. The minimum atomic E-state index is -0.620. The molecule has 0 atom stereocenters. The van der Waals surface area contributed by atoms with Crippen LogP contribution in [0.25, 0.3) is 0 Å². The second-order valence-corrected chi connectivity index (χ2v) is 5.90. The number of piperidine rings is 1. The molecule has 1 saturated heterocycles. The van der Waals surface area contributed by atoms with Crippen molar-refractivity contribution in [1.82, 2.24) is 4.90 Å². The molecule has 0 spiro atoms. The van der Waals surface area contributed by atoms with E-state index < -0.39 is 5.41 Å². The van der Waals surface area contributed by atoms with E-state index in [9.17, 15) is 9.59 Å². The van der Waals surface area contributed by atoms with Crippen LogP contribution >= 0.6 is 11.6 Å². The predicted molar refractivity (Wildman–Crippen MR) is 75.3 cm³/mol. The molecule has 4 heteroatoms. The van der Waals surface area contributed by atoms with Gasteiger partial charge in [0, 0.05) is 31.0 Å². The Bertz CT molecular complexity index is 501. The number of rotatable bonds is 2. The molecule has 1 aliphatic heterocycles. The lowest BCUT2D eigenvalue weighted by atomic mass is 9.82.